The summed E-state index contributed by atoms with van der Waals surface area (Å²) < 4.78 is 0. The highest BCUT2D eigenvalue weighted by Crippen LogP contribution is 1.93. The van der Waals surface area contributed by atoms with Gasteiger partial charge in [-0.25, -0.2) is 10.3 Å². The van der Waals surface area contributed by atoms with E-state index in [0.29, 0.717) is 5.84 Å². The van der Waals surface area contributed by atoms with E-state index in [4.69, 9.17) is 5.11 Å². The van der Waals surface area contributed by atoms with Crippen LogP contribution in [0.5, 0.6) is 0 Å². The molecule has 0 amide bonds. The van der Waals surface area contributed by atoms with Crippen LogP contribution in [0.2, 0.25) is 0 Å². The summed E-state index contributed by atoms with van der Waals surface area (Å²) in [5.41, 5.74) is 0. The van der Waals surface area contributed by atoms with Crippen LogP contribution in [0.1, 0.15) is 6.42 Å². The topological polar surface area (TPSA) is 63.8 Å². The third-order valence-electron chi connectivity index (χ3n) is 0.823. The summed E-state index contributed by atoms with van der Waals surface area (Å²) in [5.74, 6) is -0.538. The van der Waals surface area contributed by atoms with E-state index in [0.717, 1.165) is 0 Å². The second kappa shape index (κ2) is 2.30. The second-order valence-electron chi connectivity index (χ2n) is 1.54. The largest absolute Gasteiger partial charge is 0.481 e. The maximum absolute atomic E-state index is 9.99. The average Bonchev–Trinajstić information content (AvgIpc) is 2.15. The molecule has 1 aliphatic heterocycles. The van der Waals surface area contributed by atoms with E-state index in [1.807, 2.05) is 0 Å². The maximum Gasteiger partial charge on any atom is 0.311 e. The highest BCUT2D eigenvalue weighted by Gasteiger charge is 2.06. The number of aliphatic imine (C=N–C) groups is 1. The van der Waals surface area contributed by atoms with Crippen LogP contribution in [-0.2, 0) is 4.79 Å². The Balaban J connectivity index is 2.39. The van der Waals surface area contributed by atoms with Crippen molar-refractivity contribution in [3.63, 3.8) is 0 Å². The summed E-state index contributed by atoms with van der Waals surface area (Å²) in [7, 11) is 0. The summed E-state index contributed by atoms with van der Waals surface area (Å²) in [4.78, 5) is 13.7. The van der Waals surface area contributed by atoms with Crippen molar-refractivity contribution in [1.82, 2.24) is 5.32 Å². The molecule has 4 heteroatoms. The van der Waals surface area contributed by atoms with Crippen LogP contribution in [-0.4, -0.2) is 16.9 Å². The molecule has 0 fully saturated rings. The Morgan fingerprint density at radius 1 is 1.67 bits per heavy atom. The van der Waals surface area contributed by atoms with Gasteiger partial charge in [0.2, 0.25) is 0 Å². The lowest BCUT2D eigenvalue weighted by Crippen LogP contribution is -2.11. The van der Waals surface area contributed by atoms with Crippen molar-refractivity contribution in [2.24, 2.45) is 4.99 Å². The highest BCUT2D eigenvalue weighted by molar-refractivity contribution is 5.98. The zero-order valence-electron chi connectivity index (χ0n) is 4.61. The van der Waals surface area contributed by atoms with Crippen molar-refractivity contribution in [2.75, 3.05) is 0 Å². The highest BCUT2D eigenvalue weighted by atomic mass is 16.4. The summed E-state index contributed by atoms with van der Waals surface area (Å²) in [6, 6.07) is 0. The Hall–Kier alpha value is -1.32. The molecule has 1 heterocycles. The molecule has 47 valence electrons. The predicted octanol–water partition coefficient (Wildman–Crippen LogP) is -0.0512. The first-order valence-electron chi connectivity index (χ1n) is 2.43. The number of carbonyl (C=O) groups is 1. The molecule has 0 aliphatic carbocycles. The van der Waals surface area contributed by atoms with Gasteiger partial charge in [0, 0.05) is 12.4 Å². The van der Waals surface area contributed by atoms with Gasteiger partial charge in [0.05, 0.1) is 0 Å². The molecule has 0 bridgehead atoms. The third-order valence-corrected chi connectivity index (χ3v) is 0.823. The van der Waals surface area contributed by atoms with E-state index in [1.165, 1.54) is 12.4 Å². The van der Waals surface area contributed by atoms with Gasteiger partial charge in [-0.2, -0.15) is 0 Å². The van der Waals surface area contributed by atoms with Crippen LogP contribution in [0.3, 0.4) is 0 Å². The maximum atomic E-state index is 9.99. The number of hydrogen-bond acceptors (Lipinski definition) is 2. The molecular formula is C5H5N2O2. The summed E-state index contributed by atoms with van der Waals surface area (Å²) in [5, 5.41) is 11.9. The zero-order valence-corrected chi connectivity index (χ0v) is 4.61. The van der Waals surface area contributed by atoms with Gasteiger partial charge < -0.3 is 5.11 Å². The Bertz CT molecular complexity index is 183. The van der Waals surface area contributed by atoms with E-state index >= 15 is 0 Å². The first-order valence-corrected chi connectivity index (χ1v) is 2.43. The lowest BCUT2D eigenvalue weighted by Gasteiger charge is -1.90. The molecule has 4 nitrogen and oxygen atoms in total. The average molecular weight is 125 g/mol. The van der Waals surface area contributed by atoms with E-state index in [-0.39, 0.29) is 6.42 Å². The molecule has 0 atom stereocenters. The van der Waals surface area contributed by atoms with E-state index < -0.39 is 5.97 Å². The molecular weight excluding hydrogens is 120 g/mol. The van der Waals surface area contributed by atoms with Crippen molar-refractivity contribution in [2.45, 2.75) is 6.42 Å². The number of carboxylic acids is 1. The number of rotatable bonds is 2. The molecule has 0 saturated carbocycles. The number of carboxylic acid groups (broad SMARTS) is 1. The van der Waals surface area contributed by atoms with Crippen LogP contribution in [0, 0.1) is 0 Å². The number of nitrogens with zero attached hydrogens (tertiary/aromatic N) is 2. The predicted molar refractivity (Wildman–Crippen MR) is 31.0 cm³/mol. The van der Waals surface area contributed by atoms with Crippen LogP contribution in [0.4, 0.5) is 0 Å². The molecule has 0 aromatic rings. The van der Waals surface area contributed by atoms with Gasteiger partial charge in [0.1, 0.15) is 12.3 Å². The van der Waals surface area contributed by atoms with Crippen molar-refractivity contribution in [3.05, 3.63) is 12.4 Å². The van der Waals surface area contributed by atoms with E-state index in [1.54, 1.807) is 0 Å². The van der Waals surface area contributed by atoms with Gasteiger partial charge in [-0.05, 0) is 0 Å². The smallest absolute Gasteiger partial charge is 0.311 e. The zero-order chi connectivity index (χ0) is 6.69. The molecule has 1 aliphatic rings. The fourth-order valence-electron chi connectivity index (χ4n) is 0.499. The molecule has 0 aromatic carbocycles. The lowest BCUT2D eigenvalue weighted by molar-refractivity contribution is -0.135. The summed E-state index contributed by atoms with van der Waals surface area (Å²) in [6.45, 7) is 0. The Morgan fingerprint density at radius 2 is 2.44 bits per heavy atom. The molecule has 0 spiro atoms. The fourth-order valence-corrected chi connectivity index (χ4v) is 0.499. The quantitative estimate of drug-likeness (QED) is 0.562. The van der Waals surface area contributed by atoms with Gasteiger partial charge >= 0.3 is 5.97 Å². The van der Waals surface area contributed by atoms with Crippen LogP contribution in [0.25, 0.3) is 0 Å². The minimum absolute atomic E-state index is 0.0903. The first kappa shape index (κ1) is 5.81. The Kier molecular flexibility index (Phi) is 1.48. The van der Waals surface area contributed by atoms with Crippen molar-refractivity contribution in [3.8, 4) is 0 Å². The van der Waals surface area contributed by atoms with Gasteiger partial charge in [-0.15, -0.1) is 0 Å². The molecule has 0 aromatic heterocycles. The summed E-state index contributed by atoms with van der Waals surface area (Å²) in [6.07, 6.45) is 2.85. The lowest BCUT2D eigenvalue weighted by atomic mass is 10.4. The molecule has 1 rings (SSSR count). The number of amidine groups is 1. The van der Waals surface area contributed by atoms with Crippen LogP contribution in [0.15, 0.2) is 17.4 Å². The van der Waals surface area contributed by atoms with Crippen LogP contribution >= 0.6 is 0 Å². The molecule has 1 N–H and O–H groups in total. The minimum atomic E-state index is -0.902. The van der Waals surface area contributed by atoms with Gasteiger partial charge in [0.15, 0.2) is 0 Å². The van der Waals surface area contributed by atoms with E-state index in [9.17, 15) is 4.79 Å². The SMILES string of the molecule is O=C(O)CC1=NC=C[N]1. The molecule has 9 heavy (non-hydrogen) atoms. The Morgan fingerprint density at radius 3 is 2.89 bits per heavy atom. The molecule has 0 unspecified atom stereocenters. The monoisotopic (exact) mass is 125 g/mol. The van der Waals surface area contributed by atoms with Crippen molar-refractivity contribution >= 4 is 11.8 Å². The fraction of sp³-hybridized carbons (Fsp3) is 0.200. The van der Waals surface area contributed by atoms with Crippen molar-refractivity contribution in [1.29, 1.82) is 0 Å². The number of hydrogen-bond donors (Lipinski definition) is 1. The van der Waals surface area contributed by atoms with Gasteiger partial charge in [0.25, 0.3) is 0 Å². The van der Waals surface area contributed by atoms with Crippen molar-refractivity contribution < 1.29 is 9.90 Å². The third kappa shape index (κ3) is 1.56. The second-order valence-corrected chi connectivity index (χ2v) is 1.54. The molecule has 1 radical (unpaired) electrons. The first-order chi connectivity index (χ1) is 4.29. The standard InChI is InChI=1S/C5H5N2O2/c8-5(9)3-4-6-1-2-7-4/h1-2H,3H2,(H,8,9). The molecule has 0 saturated heterocycles. The summed E-state index contributed by atoms with van der Waals surface area (Å²) >= 11 is 0. The Labute approximate surface area is 51.9 Å². The van der Waals surface area contributed by atoms with Crippen LogP contribution < -0.4 is 5.32 Å². The minimum Gasteiger partial charge on any atom is -0.481 e. The van der Waals surface area contributed by atoms with Gasteiger partial charge in [-0.3, -0.25) is 4.79 Å². The van der Waals surface area contributed by atoms with E-state index in [2.05, 4.69) is 10.3 Å². The number of aliphatic carboxylic acids is 1. The normalized spacial score (nSPS) is 14.9. The van der Waals surface area contributed by atoms with Gasteiger partial charge in [-0.1, -0.05) is 0 Å².